The van der Waals surface area contributed by atoms with Gasteiger partial charge in [-0.1, -0.05) is 33.1 Å². The van der Waals surface area contributed by atoms with Crippen molar-refractivity contribution in [3.05, 3.63) is 0 Å². The van der Waals surface area contributed by atoms with Crippen molar-refractivity contribution in [2.75, 3.05) is 26.2 Å². The number of aliphatic hydroxyl groups excluding tert-OH is 1. The second-order valence-corrected chi connectivity index (χ2v) is 6.27. The Balaban J connectivity index is 2.44. The smallest absolute Gasteiger partial charge is 0.0558 e. The fourth-order valence-corrected chi connectivity index (χ4v) is 3.41. The molecule has 0 aromatic heterocycles. The molecule has 0 radical (unpaired) electrons. The third-order valence-corrected chi connectivity index (χ3v) is 4.58. The minimum absolute atomic E-state index is 0.268. The second kappa shape index (κ2) is 9.73. The van der Waals surface area contributed by atoms with Crippen molar-refractivity contribution in [2.45, 2.75) is 64.8 Å². The molecule has 0 bridgehead atoms. The molecule has 0 aromatic rings. The Kier molecular flexibility index (Phi) is 8.67. The normalized spacial score (nSPS) is 27.9. The van der Waals surface area contributed by atoms with E-state index in [-0.39, 0.29) is 6.61 Å². The number of aliphatic hydroxyl groups is 1. The Hall–Kier alpha value is -0.120. The van der Waals surface area contributed by atoms with Gasteiger partial charge in [0, 0.05) is 19.1 Å². The number of nitrogens with two attached hydrogens (primary N) is 1. The molecular weight excluding hydrogens is 236 g/mol. The van der Waals surface area contributed by atoms with Crippen molar-refractivity contribution in [3.63, 3.8) is 0 Å². The van der Waals surface area contributed by atoms with Gasteiger partial charge >= 0.3 is 0 Å². The summed E-state index contributed by atoms with van der Waals surface area (Å²) in [5, 5.41) is 9.19. The molecule has 0 amide bonds. The van der Waals surface area contributed by atoms with Gasteiger partial charge in [-0.2, -0.15) is 0 Å². The average Bonchev–Trinajstić information content (AvgIpc) is 2.40. The summed E-state index contributed by atoms with van der Waals surface area (Å²) in [6, 6.07) is 0.371. The Morgan fingerprint density at radius 2 is 1.95 bits per heavy atom. The zero-order valence-electron chi connectivity index (χ0n) is 13.0. The van der Waals surface area contributed by atoms with Gasteiger partial charge < -0.3 is 15.7 Å². The van der Waals surface area contributed by atoms with E-state index in [1.54, 1.807) is 0 Å². The molecule has 3 atom stereocenters. The first-order valence-electron chi connectivity index (χ1n) is 8.30. The summed E-state index contributed by atoms with van der Waals surface area (Å²) in [6.07, 6.45) is 8.90. The highest BCUT2D eigenvalue weighted by atomic mass is 16.3. The van der Waals surface area contributed by atoms with E-state index in [9.17, 15) is 5.11 Å². The number of hydrogen-bond acceptors (Lipinski definition) is 3. The maximum Gasteiger partial charge on any atom is 0.0558 e. The van der Waals surface area contributed by atoms with E-state index in [0.717, 1.165) is 25.6 Å². The van der Waals surface area contributed by atoms with Crippen LogP contribution in [0.1, 0.15) is 58.8 Å². The molecule has 1 rings (SSSR count). The molecule has 0 saturated heterocycles. The van der Waals surface area contributed by atoms with Gasteiger partial charge in [0.1, 0.15) is 0 Å². The fourth-order valence-electron chi connectivity index (χ4n) is 3.41. The quantitative estimate of drug-likeness (QED) is 0.677. The van der Waals surface area contributed by atoms with E-state index in [1.165, 1.54) is 44.9 Å². The fraction of sp³-hybridized carbons (Fsp3) is 1.00. The van der Waals surface area contributed by atoms with Crippen LogP contribution in [0.15, 0.2) is 0 Å². The predicted octanol–water partition coefficient (Wildman–Crippen LogP) is 2.62. The Morgan fingerprint density at radius 3 is 2.58 bits per heavy atom. The van der Waals surface area contributed by atoms with Crippen LogP contribution in [0.3, 0.4) is 0 Å². The summed E-state index contributed by atoms with van der Waals surface area (Å²) in [6.45, 7) is 7.77. The van der Waals surface area contributed by atoms with Crippen LogP contribution in [0, 0.1) is 11.8 Å². The van der Waals surface area contributed by atoms with Gasteiger partial charge in [0.05, 0.1) is 6.61 Å². The Bertz CT molecular complexity index is 223. The van der Waals surface area contributed by atoms with Crippen molar-refractivity contribution >= 4 is 0 Å². The van der Waals surface area contributed by atoms with E-state index >= 15 is 0 Å². The molecular formula is C16H34N2O. The molecule has 3 nitrogen and oxygen atoms in total. The highest BCUT2D eigenvalue weighted by molar-refractivity contribution is 4.84. The second-order valence-electron chi connectivity index (χ2n) is 6.27. The molecule has 0 heterocycles. The Labute approximate surface area is 119 Å². The minimum Gasteiger partial charge on any atom is -0.395 e. The van der Waals surface area contributed by atoms with E-state index in [1.807, 2.05) is 0 Å². The standard InChI is InChI=1S/C16H34N2O/c1-3-5-9-18(10-11-19)13-15-12-14(6-4-2)7-8-16(15)17/h14-16,19H,3-13,17H2,1-2H3. The predicted molar refractivity (Wildman–Crippen MR) is 82.1 cm³/mol. The summed E-state index contributed by atoms with van der Waals surface area (Å²) in [7, 11) is 0. The molecule has 1 aliphatic rings. The molecule has 3 heteroatoms. The minimum atomic E-state index is 0.268. The summed E-state index contributed by atoms with van der Waals surface area (Å²) >= 11 is 0. The van der Waals surface area contributed by atoms with E-state index in [4.69, 9.17) is 5.73 Å². The number of nitrogens with zero attached hydrogens (tertiary/aromatic N) is 1. The lowest BCUT2D eigenvalue weighted by atomic mass is 9.76. The largest absolute Gasteiger partial charge is 0.395 e. The van der Waals surface area contributed by atoms with Crippen LogP contribution < -0.4 is 5.73 Å². The maximum absolute atomic E-state index is 9.19. The van der Waals surface area contributed by atoms with Gasteiger partial charge in [0.25, 0.3) is 0 Å². The van der Waals surface area contributed by atoms with Crippen LogP contribution in [0.25, 0.3) is 0 Å². The Morgan fingerprint density at radius 1 is 1.16 bits per heavy atom. The van der Waals surface area contributed by atoms with Gasteiger partial charge in [-0.25, -0.2) is 0 Å². The van der Waals surface area contributed by atoms with Crippen molar-refractivity contribution in [1.29, 1.82) is 0 Å². The average molecular weight is 270 g/mol. The zero-order valence-corrected chi connectivity index (χ0v) is 13.0. The summed E-state index contributed by atoms with van der Waals surface area (Å²) < 4.78 is 0. The van der Waals surface area contributed by atoms with Crippen molar-refractivity contribution in [1.82, 2.24) is 4.90 Å². The molecule has 0 spiro atoms. The highest BCUT2D eigenvalue weighted by Gasteiger charge is 2.28. The lowest BCUT2D eigenvalue weighted by Crippen LogP contribution is -2.44. The topological polar surface area (TPSA) is 49.5 Å². The summed E-state index contributed by atoms with van der Waals surface area (Å²) in [5.41, 5.74) is 6.32. The van der Waals surface area contributed by atoms with E-state index in [0.29, 0.717) is 12.0 Å². The molecule has 19 heavy (non-hydrogen) atoms. The molecule has 1 fully saturated rings. The third-order valence-electron chi connectivity index (χ3n) is 4.58. The SMILES string of the molecule is CCCCN(CCO)CC1CC(CCC)CCC1N. The summed E-state index contributed by atoms with van der Waals surface area (Å²) in [5.74, 6) is 1.52. The van der Waals surface area contributed by atoms with Crippen LogP contribution in [-0.2, 0) is 0 Å². The van der Waals surface area contributed by atoms with Crippen LogP contribution in [0.5, 0.6) is 0 Å². The van der Waals surface area contributed by atoms with Crippen molar-refractivity contribution in [2.24, 2.45) is 17.6 Å². The maximum atomic E-state index is 9.19. The van der Waals surface area contributed by atoms with Gasteiger partial charge in [-0.3, -0.25) is 0 Å². The molecule has 0 aromatic carbocycles. The summed E-state index contributed by atoms with van der Waals surface area (Å²) in [4.78, 5) is 2.42. The van der Waals surface area contributed by atoms with Gasteiger partial charge in [0.2, 0.25) is 0 Å². The first-order valence-corrected chi connectivity index (χ1v) is 8.30. The molecule has 3 N–H and O–H groups in total. The molecule has 114 valence electrons. The van der Waals surface area contributed by atoms with Crippen LogP contribution in [0.2, 0.25) is 0 Å². The third kappa shape index (κ3) is 6.24. The number of unbranched alkanes of at least 4 members (excludes halogenated alkanes) is 1. The highest BCUT2D eigenvalue weighted by Crippen LogP contribution is 2.31. The molecule has 3 unspecified atom stereocenters. The lowest BCUT2D eigenvalue weighted by Gasteiger charge is -2.37. The van der Waals surface area contributed by atoms with Crippen LogP contribution >= 0.6 is 0 Å². The monoisotopic (exact) mass is 270 g/mol. The van der Waals surface area contributed by atoms with Gasteiger partial charge in [-0.15, -0.1) is 0 Å². The zero-order chi connectivity index (χ0) is 14.1. The number of hydrogen-bond donors (Lipinski definition) is 2. The van der Waals surface area contributed by atoms with Crippen molar-refractivity contribution in [3.8, 4) is 0 Å². The molecule has 0 aliphatic heterocycles. The van der Waals surface area contributed by atoms with E-state index < -0.39 is 0 Å². The van der Waals surface area contributed by atoms with Crippen molar-refractivity contribution < 1.29 is 5.11 Å². The van der Waals surface area contributed by atoms with E-state index in [2.05, 4.69) is 18.7 Å². The van der Waals surface area contributed by atoms with Gasteiger partial charge in [0.15, 0.2) is 0 Å². The van der Waals surface area contributed by atoms with Crippen LogP contribution in [-0.4, -0.2) is 42.3 Å². The first-order chi connectivity index (χ1) is 9.21. The molecule has 1 aliphatic carbocycles. The number of rotatable bonds is 9. The lowest BCUT2D eigenvalue weighted by molar-refractivity contribution is 0.130. The van der Waals surface area contributed by atoms with Crippen LogP contribution in [0.4, 0.5) is 0 Å². The first kappa shape index (κ1) is 16.9. The van der Waals surface area contributed by atoms with Gasteiger partial charge in [-0.05, 0) is 44.1 Å². The molecule has 1 saturated carbocycles.